The first-order valence-corrected chi connectivity index (χ1v) is 7.86. The standard InChI is InChI=1S/C18H23ClN2/c1-4-20-13-15-9-10-16(19)12-18(15)21(5-2)17-8-6-7-14(3)11-17/h6-12,20H,4-5,13H2,1-3H3. The molecule has 2 rings (SSSR count). The van der Waals surface area contributed by atoms with Gasteiger partial charge in [0.25, 0.3) is 0 Å². The maximum atomic E-state index is 6.22. The van der Waals surface area contributed by atoms with Crippen LogP contribution in [0.3, 0.4) is 0 Å². The average Bonchev–Trinajstić information content (AvgIpc) is 2.47. The fraction of sp³-hybridized carbons (Fsp3) is 0.333. The Morgan fingerprint density at radius 2 is 1.90 bits per heavy atom. The Balaban J connectivity index is 2.43. The topological polar surface area (TPSA) is 15.3 Å². The number of halogens is 1. The van der Waals surface area contributed by atoms with E-state index in [-0.39, 0.29) is 0 Å². The van der Waals surface area contributed by atoms with Crippen molar-refractivity contribution in [3.05, 3.63) is 58.6 Å². The van der Waals surface area contributed by atoms with E-state index in [0.29, 0.717) is 0 Å². The van der Waals surface area contributed by atoms with E-state index < -0.39 is 0 Å². The third-order valence-corrected chi connectivity index (χ3v) is 3.77. The van der Waals surface area contributed by atoms with Crippen molar-refractivity contribution in [3.63, 3.8) is 0 Å². The predicted octanol–water partition coefficient (Wildman–Crippen LogP) is 4.92. The van der Waals surface area contributed by atoms with Crippen molar-refractivity contribution in [1.29, 1.82) is 0 Å². The van der Waals surface area contributed by atoms with Gasteiger partial charge >= 0.3 is 0 Å². The van der Waals surface area contributed by atoms with Crippen LogP contribution in [0.2, 0.25) is 5.02 Å². The molecule has 0 amide bonds. The quantitative estimate of drug-likeness (QED) is 0.815. The average molecular weight is 303 g/mol. The first-order chi connectivity index (χ1) is 10.2. The summed E-state index contributed by atoms with van der Waals surface area (Å²) in [6, 6.07) is 14.7. The Bertz CT molecular complexity index is 596. The van der Waals surface area contributed by atoms with Gasteiger partial charge in [-0.2, -0.15) is 0 Å². The summed E-state index contributed by atoms with van der Waals surface area (Å²) in [5, 5.41) is 4.17. The van der Waals surface area contributed by atoms with E-state index in [2.05, 4.69) is 67.4 Å². The molecule has 0 saturated carbocycles. The first kappa shape index (κ1) is 15.9. The monoisotopic (exact) mass is 302 g/mol. The van der Waals surface area contributed by atoms with Crippen LogP contribution < -0.4 is 10.2 Å². The van der Waals surface area contributed by atoms with E-state index in [1.54, 1.807) is 0 Å². The number of rotatable bonds is 6. The van der Waals surface area contributed by atoms with Gasteiger partial charge in [0, 0.05) is 29.5 Å². The summed E-state index contributed by atoms with van der Waals surface area (Å²) in [5.74, 6) is 0. The highest BCUT2D eigenvalue weighted by Gasteiger charge is 2.12. The van der Waals surface area contributed by atoms with Crippen molar-refractivity contribution < 1.29 is 0 Å². The molecule has 112 valence electrons. The first-order valence-electron chi connectivity index (χ1n) is 7.49. The Hall–Kier alpha value is -1.51. The van der Waals surface area contributed by atoms with Crippen molar-refractivity contribution >= 4 is 23.0 Å². The molecule has 2 aromatic carbocycles. The molecule has 0 saturated heterocycles. The number of nitrogens with zero attached hydrogens (tertiary/aromatic N) is 1. The highest BCUT2D eigenvalue weighted by Crippen LogP contribution is 2.31. The zero-order chi connectivity index (χ0) is 15.2. The van der Waals surface area contributed by atoms with Crippen LogP contribution in [0.25, 0.3) is 0 Å². The summed E-state index contributed by atoms with van der Waals surface area (Å²) in [6.45, 7) is 9.12. The van der Waals surface area contributed by atoms with Crippen LogP contribution in [0, 0.1) is 6.92 Å². The van der Waals surface area contributed by atoms with Crippen molar-refractivity contribution in [2.24, 2.45) is 0 Å². The maximum absolute atomic E-state index is 6.22. The molecule has 0 heterocycles. The van der Waals surface area contributed by atoms with Crippen molar-refractivity contribution in [1.82, 2.24) is 5.32 Å². The van der Waals surface area contributed by atoms with E-state index in [0.717, 1.165) is 24.7 Å². The summed E-state index contributed by atoms with van der Waals surface area (Å²) in [4.78, 5) is 2.31. The second-order valence-corrected chi connectivity index (χ2v) is 5.57. The zero-order valence-electron chi connectivity index (χ0n) is 13.0. The number of benzene rings is 2. The molecule has 21 heavy (non-hydrogen) atoms. The van der Waals surface area contributed by atoms with Crippen LogP contribution >= 0.6 is 11.6 Å². The van der Waals surface area contributed by atoms with Gasteiger partial charge in [-0.15, -0.1) is 0 Å². The SMILES string of the molecule is CCNCc1ccc(Cl)cc1N(CC)c1cccc(C)c1. The van der Waals surface area contributed by atoms with Crippen LogP contribution in [0.5, 0.6) is 0 Å². The summed E-state index contributed by atoms with van der Waals surface area (Å²) in [5.41, 5.74) is 4.92. The number of hydrogen-bond acceptors (Lipinski definition) is 2. The molecule has 0 radical (unpaired) electrons. The van der Waals surface area contributed by atoms with Crippen LogP contribution in [0.4, 0.5) is 11.4 Å². The molecule has 3 heteroatoms. The number of hydrogen-bond donors (Lipinski definition) is 1. The molecule has 0 bridgehead atoms. The summed E-state index contributed by atoms with van der Waals surface area (Å²) >= 11 is 6.22. The lowest BCUT2D eigenvalue weighted by atomic mass is 10.1. The minimum Gasteiger partial charge on any atom is -0.341 e. The lowest BCUT2D eigenvalue weighted by molar-refractivity contribution is 0.725. The predicted molar refractivity (Wildman–Crippen MR) is 92.7 cm³/mol. The molecule has 0 spiro atoms. The highest BCUT2D eigenvalue weighted by molar-refractivity contribution is 6.30. The van der Waals surface area contributed by atoms with Crippen LogP contribution in [0.1, 0.15) is 25.0 Å². The fourth-order valence-electron chi connectivity index (χ4n) is 2.49. The van der Waals surface area contributed by atoms with Gasteiger partial charge in [0.05, 0.1) is 0 Å². The molecule has 0 aliphatic rings. The lowest BCUT2D eigenvalue weighted by Gasteiger charge is -2.26. The van der Waals surface area contributed by atoms with Crippen LogP contribution in [-0.2, 0) is 6.54 Å². The summed E-state index contributed by atoms with van der Waals surface area (Å²) in [6.07, 6.45) is 0. The van der Waals surface area contributed by atoms with Gasteiger partial charge in [-0.05, 0) is 55.8 Å². The van der Waals surface area contributed by atoms with Crippen molar-refractivity contribution in [3.8, 4) is 0 Å². The molecule has 2 aromatic rings. The third kappa shape index (κ3) is 3.99. The van der Waals surface area contributed by atoms with Gasteiger partial charge in [-0.25, -0.2) is 0 Å². The molecular formula is C18H23ClN2. The zero-order valence-corrected chi connectivity index (χ0v) is 13.7. The van der Waals surface area contributed by atoms with E-state index in [4.69, 9.17) is 11.6 Å². The maximum Gasteiger partial charge on any atom is 0.0471 e. The van der Waals surface area contributed by atoms with Gasteiger partial charge in [-0.1, -0.05) is 36.7 Å². The summed E-state index contributed by atoms with van der Waals surface area (Å²) < 4.78 is 0. The molecule has 1 N–H and O–H groups in total. The van der Waals surface area contributed by atoms with Gasteiger partial charge in [0.15, 0.2) is 0 Å². The van der Waals surface area contributed by atoms with Crippen molar-refractivity contribution in [2.75, 3.05) is 18.0 Å². The minimum absolute atomic E-state index is 0.774. The highest BCUT2D eigenvalue weighted by atomic mass is 35.5. The van der Waals surface area contributed by atoms with Gasteiger partial charge in [0.2, 0.25) is 0 Å². The largest absolute Gasteiger partial charge is 0.341 e. The lowest BCUT2D eigenvalue weighted by Crippen LogP contribution is -2.20. The van der Waals surface area contributed by atoms with E-state index in [9.17, 15) is 0 Å². The number of nitrogens with one attached hydrogen (secondary N) is 1. The van der Waals surface area contributed by atoms with Crippen LogP contribution in [-0.4, -0.2) is 13.1 Å². The molecule has 0 aromatic heterocycles. The summed E-state index contributed by atoms with van der Waals surface area (Å²) in [7, 11) is 0. The normalized spacial score (nSPS) is 10.7. The molecule has 0 aliphatic heterocycles. The molecule has 0 atom stereocenters. The smallest absolute Gasteiger partial charge is 0.0471 e. The van der Waals surface area contributed by atoms with E-state index in [1.165, 1.54) is 22.5 Å². The molecule has 0 fully saturated rings. The Morgan fingerprint density at radius 3 is 2.57 bits per heavy atom. The van der Waals surface area contributed by atoms with E-state index >= 15 is 0 Å². The third-order valence-electron chi connectivity index (χ3n) is 3.53. The Kier molecular flexibility index (Phi) is 5.66. The Labute approximate surface area is 132 Å². The second kappa shape index (κ2) is 7.48. The van der Waals surface area contributed by atoms with Gasteiger partial charge in [0.1, 0.15) is 0 Å². The van der Waals surface area contributed by atoms with Crippen LogP contribution in [0.15, 0.2) is 42.5 Å². The number of aryl methyl sites for hydroxylation is 1. The van der Waals surface area contributed by atoms with E-state index in [1.807, 2.05) is 6.07 Å². The molecule has 2 nitrogen and oxygen atoms in total. The van der Waals surface area contributed by atoms with Gasteiger partial charge < -0.3 is 10.2 Å². The molecule has 0 aliphatic carbocycles. The molecule has 0 unspecified atom stereocenters. The second-order valence-electron chi connectivity index (χ2n) is 5.14. The number of anilines is 2. The Morgan fingerprint density at radius 1 is 1.10 bits per heavy atom. The van der Waals surface area contributed by atoms with Crippen molar-refractivity contribution in [2.45, 2.75) is 27.3 Å². The minimum atomic E-state index is 0.774. The van der Waals surface area contributed by atoms with Gasteiger partial charge in [-0.3, -0.25) is 0 Å². The fourth-order valence-corrected chi connectivity index (χ4v) is 2.65. The molecular weight excluding hydrogens is 280 g/mol.